The lowest BCUT2D eigenvalue weighted by atomic mass is 10.1. The number of nitrogens with zero attached hydrogens (tertiary/aromatic N) is 1. The lowest BCUT2D eigenvalue weighted by Crippen LogP contribution is -2.52. The van der Waals surface area contributed by atoms with Crippen LogP contribution in [0.25, 0.3) is 0 Å². The summed E-state index contributed by atoms with van der Waals surface area (Å²) in [6.07, 6.45) is 7.01. The van der Waals surface area contributed by atoms with Gasteiger partial charge in [0.05, 0.1) is 0 Å². The second-order valence-electron chi connectivity index (χ2n) is 5.19. The molecule has 2 aliphatic heterocycles. The first kappa shape index (κ1) is 12.7. The number of thioether (sulfide) groups is 1. The van der Waals surface area contributed by atoms with E-state index in [0.29, 0.717) is 0 Å². The first-order chi connectivity index (χ1) is 7.88. The van der Waals surface area contributed by atoms with Gasteiger partial charge in [0.25, 0.3) is 0 Å². The number of hydrogen-bond donors (Lipinski definition) is 1. The largest absolute Gasteiger partial charge is 0.311 e. The van der Waals surface area contributed by atoms with Crippen LogP contribution in [0.3, 0.4) is 0 Å². The molecule has 2 aliphatic rings. The quantitative estimate of drug-likeness (QED) is 0.815. The lowest BCUT2D eigenvalue weighted by Gasteiger charge is -2.36. The van der Waals surface area contributed by atoms with Crippen molar-refractivity contribution in [2.24, 2.45) is 0 Å². The van der Waals surface area contributed by atoms with E-state index in [4.69, 9.17) is 0 Å². The van der Waals surface area contributed by atoms with Crippen molar-refractivity contribution in [1.82, 2.24) is 10.2 Å². The lowest BCUT2D eigenvalue weighted by molar-refractivity contribution is 0.192. The molecule has 0 saturated carbocycles. The molecule has 2 nitrogen and oxygen atoms in total. The zero-order valence-electron chi connectivity index (χ0n) is 10.6. The van der Waals surface area contributed by atoms with Crippen LogP contribution in [0.4, 0.5) is 0 Å². The Balaban J connectivity index is 1.71. The summed E-state index contributed by atoms with van der Waals surface area (Å²) in [6, 6.07) is 0.757. The number of hydrogen-bond acceptors (Lipinski definition) is 3. The van der Waals surface area contributed by atoms with Crippen molar-refractivity contribution in [2.45, 2.75) is 50.3 Å². The first-order valence-corrected chi connectivity index (χ1v) is 8.00. The van der Waals surface area contributed by atoms with Gasteiger partial charge in [-0.15, -0.1) is 0 Å². The van der Waals surface area contributed by atoms with Crippen LogP contribution >= 0.6 is 11.8 Å². The van der Waals surface area contributed by atoms with Gasteiger partial charge in [-0.05, 0) is 25.0 Å². The van der Waals surface area contributed by atoms with E-state index in [1.165, 1.54) is 64.0 Å². The van der Waals surface area contributed by atoms with Gasteiger partial charge in [-0.3, -0.25) is 4.90 Å². The van der Waals surface area contributed by atoms with E-state index in [1.54, 1.807) is 0 Å². The maximum atomic E-state index is 3.64. The highest BCUT2D eigenvalue weighted by Crippen LogP contribution is 2.26. The van der Waals surface area contributed by atoms with Gasteiger partial charge >= 0.3 is 0 Å². The molecule has 0 spiro atoms. The molecule has 2 heterocycles. The van der Waals surface area contributed by atoms with Crippen LogP contribution in [0.15, 0.2) is 0 Å². The summed E-state index contributed by atoms with van der Waals surface area (Å²) < 4.78 is 0. The van der Waals surface area contributed by atoms with E-state index in [0.717, 1.165) is 11.3 Å². The second-order valence-corrected chi connectivity index (χ2v) is 6.60. The van der Waals surface area contributed by atoms with Gasteiger partial charge in [0.1, 0.15) is 0 Å². The summed E-state index contributed by atoms with van der Waals surface area (Å²) in [5.41, 5.74) is 0. The molecule has 2 atom stereocenters. The fourth-order valence-corrected chi connectivity index (χ4v) is 4.19. The highest BCUT2D eigenvalue weighted by Gasteiger charge is 2.22. The van der Waals surface area contributed by atoms with E-state index >= 15 is 0 Å². The van der Waals surface area contributed by atoms with Crippen molar-refractivity contribution >= 4 is 11.8 Å². The maximum absolute atomic E-state index is 3.64. The molecule has 2 saturated heterocycles. The Labute approximate surface area is 105 Å². The van der Waals surface area contributed by atoms with Gasteiger partial charge in [-0.2, -0.15) is 11.8 Å². The van der Waals surface area contributed by atoms with Gasteiger partial charge in [-0.25, -0.2) is 0 Å². The first-order valence-electron chi connectivity index (χ1n) is 6.96. The Kier molecular flexibility index (Phi) is 5.46. The van der Waals surface area contributed by atoms with Crippen LogP contribution in [0.5, 0.6) is 0 Å². The fraction of sp³-hybridized carbons (Fsp3) is 1.00. The van der Waals surface area contributed by atoms with Gasteiger partial charge in [0.2, 0.25) is 0 Å². The highest BCUT2D eigenvalue weighted by atomic mass is 32.2. The average Bonchev–Trinajstić information content (AvgIpc) is 2.31. The van der Waals surface area contributed by atoms with Gasteiger partial charge in [0.15, 0.2) is 0 Å². The third-order valence-corrected chi connectivity index (χ3v) is 5.09. The number of nitrogens with one attached hydrogen (secondary N) is 1. The van der Waals surface area contributed by atoms with Crippen LogP contribution in [0.1, 0.15) is 39.0 Å². The minimum atomic E-state index is 0.757. The molecule has 0 amide bonds. The Hall–Kier alpha value is 0.270. The van der Waals surface area contributed by atoms with Crippen LogP contribution in [-0.4, -0.2) is 48.1 Å². The van der Waals surface area contributed by atoms with E-state index in [9.17, 15) is 0 Å². The maximum Gasteiger partial charge on any atom is 0.0195 e. The molecule has 0 aromatic rings. The summed E-state index contributed by atoms with van der Waals surface area (Å²) in [5.74, 6) is 1.40. The minimum Gasteiger partial charge on any atom is -0.311 e. The molecule has 94 valence electrons. The molecule has 2 fully saturated rings. The monoisotopic (exact) mass is 242 g/mol. The molecular weight excluding hydrogens is 216 g/mol. The van der Waals surface area contributed by atoms with Crippen molar-refractivity contribution in [3.05, 3.63) is 0 Å². The summed E-state index contributed by atoms with van der Waals surface area (Å²) in [7, 11) is 0. The van der Waals surface area contributed by atoms with Crippen molar-refractivity contribution < 1.29 is 0 Å². The third-order valence-electron chi connectivity index (χ3n) is 3.71. The fourth-order valence-electron chi connectivity index (χ4n) is 2.84. The zero-order valence-corrected chi connectivity index (χ0v) is 11.4. The van der Waals surface area contributed by atoms with E-state index in [1.807, 2.05) is 0 Å². The summed E-state index contributed by atoms with van der Waals surface area (Å²) in [4.78, 5) is 2.69. The van der Waals surface area contributed by atoms with Gasteiger partial charge in [-0.1, -0.05) is 19.8 Å². The van der Waals surface area contributed by atoms with Gasteiger partial charge < -0.3 is 5.32 Å². The minimum absolute atomic E-state index is 0.757. The molecule has 0 radical (unpaired) electrons. The summed E-state index contributed by atoms with van der Waals surface area (Å²) in [5, 5.41) is 4.56. The zero-order chi connectivity index (χ0) is 11.2. The van der Waals surface area contributed by atoms with Crippen molar-refractivity contribution in [2.75, 3.05) is 31.9 Å². The second kappa shape index (κ2) is 6.87. The molecule has 0 aliphatic carbocycles. The van der Waals surface area contributed by atoms with Crippen LogP contribution in [0, 0.1) is 0 Å². The standard InChI is InChI=1S/C13H26N2S/c1-2-5-12-10-15(8-7-14-12)11-13-6-3-4-9-16-13/h12-14H,2-11H2,1H3. The molecule has 0 aromatic heterocycles. The van der Waals surface area contributed by atoms with E-state index < -0.39 is 0 Å². The Morgan fingerprint density at radius 3 is 3.06 bits per heavy atom. The number of rotatable bonds is 4. The van der Waals surface area contributed by atoms with Crippen LogP contribution in [-0.2, 0) is 0 Å². The molecule has 2 unspecified atom stereocenters. The van der Waals surface area contributed by atoms with Crippen LogP contribution in [0.2, 0.25) is 0 Å². The molecule has 2 rings (SSSR count). The Morgan fingerprint density at radius 2 is 2.31 bits per heavy atom. The molecule has 0 bridgehead atoms. The molecule has 0 aromatic carbocycles. The van der Waals surface area contributed by atoms with E-state index in [2.05, 4.69) is 28.9 Å². The normalized spacial score (nSPS) is 32.8. The van der Waals surface area contributed by atoms with Gasteiger partial charge in [0, 0.05) is 37.5 Å². The highest BCUT2D eigenvalue weighted by molar-refractivity contribution is 7.99. The average molecular weight is 242 g/mol. The summed E-state index contributed by atoms with van der Waals surface area (Å²) in [6.45, 7) is 7.37. The Bertz CT molecular complexity index is 190. The van der Waals surface area contributed by atoms with Crippen LogP contribution < -0.4 is 5.32 Å². The predicted octanol–water partition coefficient (Wildman–Crippen LogP) is 2.35. The molecular formula is C13H26N2S. The predicted molar refractivity (Wildman–Crippen MR) is 73.2 cm³/mol. The molecule has 3 heteroatoms. The third kappa shape index (κ3) is 3.94. The van der Waals surface area contributed by atoms with Crippen molar-refractivity contribution in [3.63, 3.8) is 0 Å². The topological polar surface area (TPSA) is 15.3 Å². The Morgan fingerprint density at radius 1 is 1.38 bits per heavy atom. The SMILES string of the molecule is CCCC1CN(CC2CCCCS2)CCN1. The smallest absolute Gasteiger partial charge is 0.0195 e. The van der Waals surface area contributed by atoms with Crippen molar-refractivity contribution in [1.29, 1.82) is 0 Å². The van der Waals surface area contributed by atoms with Crippen molar-refractivity contribution in [3.8, 4) is 0 Å². The van der Waals surface area contributed by atoms with E-state index in [-0.39, 0.29) is 0 Å². The summed E-state index contributed by atoms with van der Waals surface area (Å²) >= 11 is 2.21. The molecule has 16 heavy (non-hydrogen) atoms. The molecule has 1 N–H and O–H groups in total. The number of piperazine rings is 1.